The van der Waals surface area contributed by atoms with Gasteiger partial charge in [0.05, 0.1) is 30.8 Å². The summed E-state index contributed by atoms with van der Waals surface area (Å²) in [7, 11) is 1.29. The summed E-state index contributed by atoms with van der Waals surface area (Å²) in [4.78, 5) is 37.5. The number of carbonyl (C=O) groups is 3. The molecular formula is C19H17ClN2O4. The van der Waals surface area contributed by atoms with E-state index in [1.165, 1.54) is 19.2 Å². The minimum absolute atomic E-state index is 0.0885. The molecule has 1 atom stereocenters. The number of carbonyl (C=O) groups excluding carboxylic acids is 3. The predicted octanol–water partition coefficient (Wildman–Crippen LogP) is 2.55. The summed E-state index contributed by atoms with van der Waals surface area (Å²) >= 11 is 5.85. The molecule has 1 saturated heterocycles. The highest BCUT2D eigenvalue weighted by Gasteiger charge is 2.39. The predicted molar refractivity (Wildman–Crippen MR) is 97.0 cm³/mol. The number of hydrogen-bond donors (Lipinski definition) is 1. The molecule has 0 aromatic heterocycles. The quantitative estimate of drug-likeness (QED) is 0.644. The van der Waals surface area contributed by atoms with Gasteiger partial charge in [-0.1, -0.05) is 23.7 Å². The third-order valence-electron chi connectivity index (χ3n) is 4.16. The summed E-state index contributed by atoms with van der Waals surface area (Å²) in [5.74, 6) is -1.07. The molecule has 1 N–H and O–H groups in total. The van der Waals surface area contributed by atoms with E-state index in [2.05, 4.69) is 10.1 Å². The van der Waals surface area contributed by atoms with Crippen molar-refractivity contribution in [3.63, 3.8) is 0 Å². The molecule has 0 radical (unpaired) electrons. The average Bonchev–Trinajstić information content (AvgIpc) is 2.94. The van der Waals surface area contributed by atoms with Gasteiger partial charge in [0, 0.05) is 11.6 Å². The maximum Gasteiger partial charge on any atom is 0.337 e. The third kappa shape index (κ3) is 3.76. The molecule has 1 fully saturated rings. The Kier molecular flexibility index (Phi) is 5.35. The van der Waals surface area contributed by atoms with Gasteiger partial charge in [-0.2, -0.15) is 0 Å². The molecule has 0 spiro atoms. The zero-order valence-corrected chi connectivity index (χ0v) is 14.8. The van der Waals surface area contributed by atoms with Crippen molar-refractivity contribution in [2.45, 2.75) is 19.0 Å². The van der Waals surface area contributed by atoms with Crippen LogP contribution in [0.25, 0.3) is 0 Å². The van der Waals surface area contributed by atoms with Gasteiger partial charge in [-0.25, -0.2) is 9.69 Å². The molecule has 2 amide bonds. The number of imide groups is 1. The van der Waals surface area contributed by atoms with Crippen LogP contribution < -0.4 is 10.2 Å². The van der Waals surface area contributed by atoms with Crippen LogP contribution in [0, 0.1) is 0 Å². The molecule has 0 aliphatic carbocycles. The van der Waals surface area contributed by atoms with Crippen molar-refractivity contribution in [3.8, 4) is 0 Å². The maximum atomic E-state index is 12.6. The zero-order valence-electron chi connectivity index (χ0n) is 14.1. The number of nitrogens with zero attached hydrogens (tertiary/aromatic N) is 1. The van der Waals surface area contributed by atoms with Gasteiger partial charge >= 0.3 is 5.97 Å². The second kappa shape index (κ2) is 7.68. The van der Waals surface area contributed by atoms with E-state index in [-0.39, 0.29) is 18.2 Å². The van der Waals surface area contributed by atoms with E-state index >= 15 is 0 Å². The van der Waals surface area contributed by atoms with Gasteiger partial charge in [0.25, 0.3) is 5.91 Å². The molecule has 0 unspecified atom stereocenters. The Morgan fingerprint density at radius 1 is 1.15 bits per heavy atom. The maximum absolute atomic E-state index is 12.6. The fourth-order valence-electron chi connectivity index (χ4n) is 2.77. The van der Waals surface area contributed by atoms with E-state index < -0.39 is 12.0 Å². The number of anilines is 1. The largest absolute Gasteiger partial charge is 0.465 e. The Labute approximate surface area is 155 Å². The molecule has 0 saturated carbocycles. The highest BCUT2D eigenvalue weighted by molar-refractivity contribution is 6.30. The molecule has 3 rings (SSSR count). The van der Waals surface area contributed by atoms with E-state index in [0.29, 0.717) is 22.8 Å². The van der Waals surface area contributed by atoms with E-state index in [0.717, 1.165) is 10.5 Å². The van der Waals surface area contributed by atoms with Crippen LogP contribution in [0.2, 0.25) is 5.02 Å². The summed E-state index contributed by atoms with van der Waals surface area (Å²) in [6, 6.07) is 12.8. The average molecular weight is 373 g/mol. The molecular weight excluding hydrogens is 356 g/mol. The summed E-state index contributed by atoms with van der Waals surface area (Å²) in [5.41, 5.74) is 1.76. The molecule has 6 nitrogen and oxygen atoms in total. The summed E-state index contributed by atoms with van der Waals surface area (Å²) in [6.45, 7) is 0.454. The third-order valence-corrected chi connectivity index (χ3v) is 4.41. The fourth-order valence-corrected chi connectivity index (χ4v) is 2.90. The highest BCUT2D eigenvalue weighted by Crippen LogP contribution is 2.24. The van der Waals surface area contributed by atoms with E-state index in [1.54, 1.807) is 24.3 Å². The molecule has 2 aromatic carbocycles. The Hall–Kier alpha value is -2.70. The zero-order chi connectivity index (χ0) is 18.7. The Balaban J connectivity index is 1.68. The first-order valence-electron chi connectivity index (χ1n) is 8.02. The normalized spacial score (nSPS) is 16.8. The van der Waals surface area contributed by atoms with Crippen molar-refractivity contribution in [1.82, 2.24) is 5.32 Å². The van der Waals surface area contributed by atoms with Crippen LogP contribution >= 0.6 is 11.6 Å². The van der Waals surface area contributed by atoms with E-state index in [4.69, 9.17) is 11.6 Å². The number of benzene rings is 2. The number of rotatable bonds is 5. The van der Waals surface area contributed by atoms with Gasteiger partial charge in [-0.05, 0) is 42.0 Å². The molecule has 1 aliphatic rings. The van der Waals surface area contributed by atoms with Crippen molar-refractivity contribution in [2.24, 2.45) is 0 Å². The van der Waals surface area contributed by atoms with Crippen molar-refractivity contribution >= 4 is 35.1 Å². The van der Waals surface area contributed by atoms with Crippen molar-refractivity contribution in [3.05, 3.63) is 64.7 Å². The van der Waals surface area contributed by atoms with Gasteiger partial charge in [-0.15, -0.1) is 0 Å². The first-order chi connectivity index (χ1) is 12.5. The lowest BCUT2D eigenvalue weighted by atomic mass is 10.2. The minimum Gasteiger partial charge on any atom is -0.465 e. The minimum atomic E-state index is -0.585. The Bertz CT molecular complexity index is 834. The van der Waals surface area contributed by atoms with E-state index in [9.17, 15) is 14.4 Å². The lowest BCUT2D eigenvalue weighted by molar-refractivity contribution is -0.121. The first kappa shape index (κ1) is 18.1. The van der Waals surface area contributed by atoms with Crippen LogP contribution in [-0.2, 0) is 20.9 Å². The van der Waals surface area contributed by atoms with Gasteiger partial charge < -0.3 is 10.1 Å². The summed E-state index contributed by atoms with van der Waals surface area (Å²) in [5, 5.41) is 3.75. The summed E-state index contributed by atoms with van der Waals surface area (Å²) in [6.07, 6.45) is 0.0885. The fraction of sp³-hybridized carbons (Fsp3) is 0.211. The number of hydrogen-bond acceptors (Lipinski definition) is 5. The van der Waals surface area contributed by atoms with Crippen LogP contribution in [-0.4, -0.2) is 30.9 Å². The lowest BCUT2D eigenvalue weighted by Gasteiger charge is -2.16. The SMILES string of the molecule is COC(=O)c1ccc(N2C(=O)C[C@H](NCc3ccc(Cl)cc3)C2=O)cc1. The second-order valence-corrected chi connectivity index (χ2v) is 6.31. The van der Waals surface area contributed by atoms with Gasteiger partial charge in [0.15, 0.2) is 0 Å². The molecule has 7 heteroatoms. The first-order valence-corrected chi connectivity index (χ1v) is 8.40. The molecule has 0 bridgehead atoms. The number of methoxy groups -OCH3 is 1. The van der Waals surface area contributed by atoms with Gasteiger partial charge in [0.2, 0.25) is 5.91 Å². The van der Waals surface area contributed by atoms with Crippen molar-refractivity contribution in [1.29, 1.82) is 0 Å². The van der Waals surface area contributed by atoms with Crippen LogP contribution in [0.4, 0.5) is 5.69 Å². The van der Waals surface area contributed by atoms with Crippen LogP contribution in [0.3, 0.4) is 0 Å². The van der Waals surface area contributed by atoms with E-state index in [1.807, 2.05) is 12.1 Å². The standard InChI is InChI=1S/C19H17ClN2O4/c1-26-19(25)13-4-8-15(9-5-13)22-17(23)10-16(18(22)24)21-11-12-2-6-14(20)7-3-12/h2-9,16,21H,10-11H2,1H3/t16-/m0/s1. The van der Waals surface area contributed by atoms with Crippen molar-refractivity contribution < 1.29 is 19.1 Å². The second-order valence-electron chi connectivity index (χ2n) is 5.87. The molecule has 1 aliphatic heterocycles. The Morgan fingerprint density at radius 2 is 1.81 bits per heavy atom. The lowest BCUT2D eigenvalue weighted by Crippen LogP contribution is -2.38. The number of amides is 2. The molecule has 1 heterocycles. The van der Waals surface area contributed by atoms with Crippen molar-refractivity contribution in [2.75, 3.05) is 12.0 Å². The topological polar surface area (TPSA) is 75.7 Å². The molecule has 134 valence electrons. The Morgan fingerprint density at radius 3 is 2.42 bits per heavy atom. The molecule has 2 aromatic rings. The van der Waals surface area contributed by atoms with Gasteiger partial charge in [-0.3, -0.25) is 9.59 Å². The smallest absolute Gasteiger partial charge is 0.337 e. The van der Waals surface area contributed by atoms with Gasteiger partial charge in [0.1, 0.15) is 0 Å². The molecule has 26 heavy (non-hydrogen) atoms. The monoisotopic (exact) mass is 372 g/mol. The number of nitrogens with one attached hydrogen (secondary N) is 1. The summed E-state index contributed by atoms with van der Waals surface area (Å²) < 4.78 is 4.64. The highest BCUT2D eigenvalue weighted by atomic mass is 35.5. The van der Waals surface area contributed by atoms with Crippen LogP contribution in [0.5, 0.6) is 0 Å². The number of halogens is 1. The van der Waals surface area contributed by atoms with Crippen LogP contribution in [0.15, 0.2) is 48.5 Å². The van der Waals surface area contributed by atoms with Crippen LogP contribution in [0.1, 0.15) is 22.3 Å². The number of esters is 1. The number of ether oxygens (including phenoxy) is 1.